The first-order valence-corrected chi connectivity index (χ1v) is 11.9. The van der Waals surface area contributed by atoms with E-state index in [4.69, 9.17) is 21.2 Å². The summed E-state index contributed by atoms with van der Waals surface area (Å²) < 4.78 is 35.2. The highest BCUT2D eigenvalue weighted by atomic mass is 35.5. The van der Waals surface area contributed by atoms with Gasteiger partial charge in [0, 0.05) is 16.6 Å². The summed E-state index contributed by atoms with van der Waals surface area (Å²) in [7, 11) is -2.93. The highest BCUT2D eigenvalue weighted by Gasteiger charge is 2.27. The number of amides is 1. The minimum atomic E-state index is -2.93. The van der Waals surface area contributed by atoms with Gasteiger partial charge in [-0.2, -0.15) is 0 Å². The maximum absolute atomic E-state index is 14.5. The molecule has 3 aromatic rings. The highest BCUT2D eigenvalue weighted by molar-refractivity contribution is 7.32. The van der Waals surface area contributed by atoms with Crippen LogP contribution < -0.4 is 10.6 Å². The summed E-state index contributed by atoms with van der Waals surface area (Å²) >= 11 is 5.88. The summed E-state index contributed by atoms with van der Waals surface area (Å²) in [4.78, 5) is 29.7. The van der Waals surface area contributed by atoms with Crippen molar-refractivity contribution in [2.24, 2.45) is 5.41 Å². The van der Waals surface area contributed by atoms with Crippen molar-refractivity contribution >= 4 is 53.9 Å². The van der Waals surface area contributed by atoms with Crippen LogP contribution in [0.4, 0.5) is 21.6 Å². The van der Waals surface area contributed by atoms with Crippen molar-refractivity contribution in [1.29, 1.82) is 0 Å². The van der Waals surface area contributed by atoms with E-state index < -0.39 is 26.6 Å². The lowest BCUT2D eigenvalue weighted by Crippen LogP contribution is -2.17. The van der Waals surface area contributed by atoms with Crippen LogP contribution in [-0.2, 0) is 18.6 Å². The Morgan fingerprint density at radius 1 is 1.37 bits per heavy atom. The summed E-state index contributed by atoms with van der Waals surface area (Å²) in [6.07, 6.45) is 2.09. The number of aromatic nitrogens is 2. The largest absolute Gasteiger partial charge is 0.695 e. The molecule has 9 nitrogen and oxygen atoms in total. The fourth-order valence-corrected chi connectivity index (χ4v) is 3.82. The van der Waals surface area contributed by atoms with Crippen molar-refractivity contribution in [3.8, 4) is 11.8 Å². The first kappa shape index (κ1) is 24.9. The van der Waals surface area contributed by atoms with Gasteiger partial charge in [-0.25, -0.2) is 14.4 Å². The lowest BCUT2D eigenvalue weighted by atomic mass is 9.90. The van der Waals surface area contributed by atoms with Crippen LogP contribution in [-0.4, -0.2) is 40.6 Å². The number of anilines is 3. The van der Waals surface area contributed by atoms with Gasteiger partial charge in [-0.05, 0) is 37.6 Å². The fourth-order valence-electron chi connectivity index (χ4n) is 3.42. The second-order valence-corrected chi connectivity index (χ2v) is 9.18. The first-order chi connectivity index (χ1) is 16.7. The summed E-state index contributed by atoms with van der Waals surface area (Å²) in [6, 6.07) is 7.79. The van der Waals surface area contributed by atoms with Crippen molar-refractivity contribution < 1.29 is 27.9 Å². The molecule has 3 N–H and O–H groups in total. The second kappa shape index (κ2) is 10.6. The Morgan fingerprint density at radius 3 is 2.94 bits per heavy atom. The quantitative estimate of drug-likeness (QED) is 0.321. The number of rotatable bonds is 6. The number of carbonyl (C=O) groups is 1. The summed E-state index contributed by atoms with van der Waals surface area (Å²) in [5, 5.41) is 5.97. The Balaban J connectivity index is 1.76. The maximum Gasteiger partial charge on any atom is 0.695 e. The molecule has 35 heavy (non-hydrogen) atoms. The van der Waals surface area contributed by atoms with Crippen molar-refractivity contribution in [3.63, 3.8) is 0 Å². The van der Waals surface area contributed by atoms with Gasteiger partial charge in [0.2, 0.25) is 0 Å². The maximum atomic E-state index is 14.5. The van der Waals surface area contributed by atoms with Crippen molar-refractivity contribution in [3.05, 3.63) is 53.1 Å². The minimum Gasteiger partial charge on any atom is -0.380 e. The minimum absolute atomic E-state index is 0.0505. The molecule has 2 aromatic carbocycles. The zero-order valence-electron chi connectivity index (χ0n) is 18.5. The lowest BCUT2D eigenvalue weighted by Gasteiger charge is -2.14. The Hall–Kier alpha value is -3.19. The number of nitrogens with one attached hydrogen (secondary N) is 2. The normalized spacial score (nSPS) is 17.5. The number of carbonyl (C=O) groups excluding carboxylic acids is 1. The van der Waals surface area contributed by atoms with Gasteiger partial charge in [-0.3, -0.25) is 4.79 Å². The molecule has 1 aliphatic rings. The number of nitrogens with zero attached hydrogens (tertiary/aromatic N) is 2. The SMILES string of the molecule is CC1(C#Cc2cc3ncnc(Nc4cccc(Cl)c4F)c3cc2NC(=O)CO[P+](=O)O)CCOC1. The van der Waals surface area contributed by atoms with Crippen LogP contribution in [0.5, 0.6) is 0 Å². The molecule has 0 bridgehead atoms. The fraction of sp³-hybridized carbons (Fsp3) is 0.261. The standard InChI is InChI=1S/C23H19ClFN4O5P/c1-23(7-8-33-12-23)6-5-14-9-19-15(10-18(14)28-20(30)11-34-35(31)32)22(27-13-26-19)29-17-4-2-3-16(24)21(17)25/h2-4,9-10,13H,7-8,11-12H2,1H3,(H2-,26,27,28,29,30,31,32)/p+1. The van der Waals surface area contributed by atoms with E-state index in [1.165, 1.54) is 18.5 Å². The van der Waals surface area contributed by atoms with E-state index in [2.05, 4.69) is 37.0 Å². The van der Waals surface area contributed by atoms with Crippen molar-refractivity contribution in [2.75, 3.05) is 30.5 Å². The Bertz CT molecular complexity index is 1370. The zero-order chi connectivity index (χ0) is 25.0. The van der Waals surface area contributed by atoms with Gasteiger partial charge in [0.1, 0.15) is 12.1 Å². The molecule has 2 atom stereocenters. The molecule has 4 rings (SSSR count). The molecule has 0 spiro atoms. The predicted octanol–water partition coefficient (Wildman–Crippen LogP) is 4.55. The summed E-state index contributed by atoms with van der Waals surface area (Å²) in [5.41, 5.74) is 1.04. The average molecular weight is 518 g/mol. The van der Waals surface area contributed by atoms with Crippen LogP contribution in [0.1, 0.15) is 18.9 Å². The Kier molecular flexibility index (Phi) is 7.55. The summed E-state index contributed by atoms with van der Waals surface area (Å²) in [5.74, 6) is 5.27. The Morgan fingerprint density at radius 2 is 2.20 bits per heavy atom. The number of hydrogen-bond donors (Lipinski definition) is 3. The molecule has 2 heterocycles. The van der Waals surface area contributed by atoms with E-state index in [1.54, 1.807) is 18.2 Å². The van der Waals surface area contributed by atoms with Crippen LogP contribution in [0.25, 0.3) is 10.9 Å². The molecule has 0 saturated carbocycles. The van der Waals surface area contributed by atoms with Crippen LogP contribution in [0, 0.1) is 23.1 Å². The molecule has 1 saturated heterocycles. The molecule has 1 fully saturated rings. The number of hydrogen-bond acceptors (Lipinski definition) is 7. The Labute approximate surface area is 206 Å². The molecule has 0 aliphatic carbocycles. The van der Waals surface area contributed by atoms with Crippen LogP contribution >= 0.6 is 19.9 Å². The van der Waals surface area contributed by atoms with E-state index in [1.807, 2.05) is 6.92 Å². The predicted molar refractivity (Wildman–Crippen MR) is 129 cm³/mol. The molecule has 1 amide bonds. The molecule has 2 unspecified atom stereocenters. The van der Waals surface area contributed by atoms with Gasteiger partial charge in [0.15, 0.2) is 12.4 Å². The molecule has 180 valence electrons. The average Bonchev–Trinajstić information content (AvgIpc) is 3.26. The van der Waals surface area contributed by atoms with Gasteiger partial charge in [0.05, 0.1) is 39.5 Å². The third-order valence-electron chi connectivity index (χ3n) is 5.28. The zero-order valence-corrected chi connectivity index (χ0v) is 20.1. The number of ether oxygens (including phenoxy) is 1. The van der Waals surface area contributed by atoms with E-state index >= 15 is 0 Å². The van der Waals surface area contributed by atoms with Gasteiger partial charge >= 0.3 is 8.25 Å². The van der Waals surface area contributed by atoms with Gasteiger partial charge in [-0.15, -0.1) is 9.42 Å². The summed E-state index contributed by atoms with van der Waals surface area (Å²) in [6.45, 7) is 2.47. The molecule has 12 heteroatoms. The van der Waals surface area contributed by atoms with E-state index in [-0.39, 0.29) is 21.9 Å². The molecule has 0 radical (unpaired) electrons. The smallest absolute Gasteiger partial charge is 0.380 e. The number of benzene rings is 2. The molecule has 1 aromatic heterocycles. The third kappa shape index (κ3) is 6.09. The number of halogens is 2. The van der Waals surface area contributed by atoms with Gasteiger partial charge in [-0.1, -0.05) is 29.5 Å². The highest BCUT2D eigenvalue weighted by Crippen LogP contribution is 2.32. The molecular weight excluding hydrogens is 498 g/mol. The third-order valence-corrected chi connectivity index (χ3v) is 5.92. The lowest BCUT2D eigenvalue weighted by molar-refractivity contribution is -0.118. The second-order valence-electron chi connectivity index (χ2n) is 8.04. The van der Waals surface area contributed by atoms with E-state index in [0.717, 1.165) is 6.42 Å². The molecular formula is C23H20ClFN4O5P+. The van der Waals surface area contributed by atoms with Gasteiger partial charge in [0.25, 0.3) is 5.91 Å². The first-order valence-electron chi connectivity index (χ1n) is 10.4. The van der Waals surface area contributed by atoms with Crippen molar-refractivity contribution in [1.82, 2.24) is 9.97 Å². The molecule has 1 aliphatic heterocycles. The van der Waals surface area contributed by atoms with Gasteiger partial charge < -0.3 is 15.4 Å². The topological polar surface area (TPSA) is 123 Å². The van der Waals surface area contributed by atoms with E-state index in [9.17, 15) is 13.8 Å². The van der Waals surface area contributed by atoms with Crippen LogP contribution in [0.3, 0.4) is 0 Å². The van der Waals surface area contributed by atoms with E-state index in [0.29, 0.717) is 35.4 Å². The van der Waals surface area contributed by atoms with Crippen LogP contribution in [0.15, 0.2) is 36.7 Å². The number of fused-ring (bicyclic) bond motifs is 1. The van der Waals surface area contributed by atoms with Crippen molar-refractivity contribution in [2.45, 2.75) is 13.3 Å². The monoisotopic (exact) mass is 517 g/mol. The van der Waals surface area contributed by atoms with Crippen LogP contribution in [0.2, 0.25) is 5.02 Å².